The largest absolute Gasteiger partial charge is 0.481 e. The summed E-state index contributed by atoms with van der Waals surface area (Å²) in [6.45, 7) is 0.393. The van der Waals surface area contributed by atoms with Gasteiger partial charge in [0.05, 0.1) is 19.3 Å². The van der Waals surface area contributed by atoms with Crippen LogP contribution in [0.1, 0.15) is 11.1 Å². The van der Waals surface area contributed by atoms with E-state index in [0.29, 0.717) is 0 Å². The Kier molecular flexibility index (Phi) is 3.79. The number of nitrogens with one attached hydrogen (secondary N) is 2. The maximum atomic E-state index is 12.0. The number of carbonyl (C=O) groups excluding carboxylic acids is 1. The lowest BCUT2D eigenvalue weighted by molar-refractivity contribution is -0.142. The number of carbonyl (C=O) groups is 2. The molecule has 2 aliphatic rings. The first-order valence-corrected chi connectivity index (χ1v) is 7.08. The SMILES string of the molecule is O=C(NC1Cc2ccccc2C1)NC1COCC1C(=O)O. The van der Waals surface area contributed by atoms with Gasteiger partial charge in [-0.15, -0.1) is 0 Å². The third kappa shape index (κ3) is 3.00. The molecule has 0 spiro atoms. The first-order chi connectivity index (χ1) is 10.1. The molecule has 0 radical (unpaired) electrons. The predicted molar refractivity (Wildman–Crippen MR) is 75.0 cm³/mol. The minimum absolute atomic E-state index is 0.0630. The zero-order valence-corrected chi connectivity index (χ0v) is 11.5. The Morgan fingerprint density at radius 3 is 2.38 bits per heavy atom. The average molecular weight is 290 g/mol. The number of amides is 2. The number of fused-ring (bicyclic) bond motifs is 1. The van der Waals surface area contributed by atoms with Crippen LogP contribution in [0.15, 0.2) is 24.3 Å². The summed E-state index contributed by atoms with van der Waals surface area (Å²) in [5.74, 6) is -1.61. The fraction of sp³-hybridized carbons (Fsp3) is 0.467. The van der Waals surface area contributed by atoms with Crippen molar-refractivity contribution >= 4 is 12.0 Å². The van der Waals surface area contributed by atoms with E-state index in [1.165, 1.54) is 11.1 Å². The highest BCUT2D eigenvalue weighted by atomic mass is 16.5. The number of benzene rings is 1. The summed E-state index contributed by atoms with van der Waals surface area (Å²) in [5.41, 5.74) is 2.52. The van der Waals surface area contributed by atoms with Crippen LogP contribution in [-0.2, 0) is 22.4 Å². The maximum absolute atomic E-state index is 12.0. The predicted octanol–water partition coefficient (Wildman–Crippen LogP) is 0.553. The third-order valence-corrected chi connectivity index (χ3v) is 4.10. The zero-order valence-electron chi connectivity index (χ0n) is 11.5. The average Bonchev–Trinajstić information content (AvgIpc) is 3.03. The summed E-state index contributed by atoms with van der Waals surface area (Å²) in [6.07, 6.45) is 1.63. The molecule has 21 heavy (non-hydrogen) atoms. The van der Waals surface area contributed by atoms with Gasteiger partial charge in [-0.2, -0.15) is 0 Å². The number of aliphatic carboxylic acids is 1. The molecule has 2 amide bonds. The number of carboxylic acids is 1. The summed E-state index contributed by atoms with van der Waals surface area (Å²) in [4.78, 5) is 23.0. The second-order valence-electron chi connectivity index (χ2n) is 5.58. The van der Waals surface area contributed by atoms with E-state index in [1.807, 2.05) is 12.1 Å². The van der Waals surface area contributed by atoms with Crippen LogP contribution in [0.3, 0.4) is 0 Å². The van der Waals surface area contributed by atoms with Gasteiger partial charge < -0.3 is 20.5 Å². The smallest absolute Gasteiger partial charge is 0.315 e. The van der Waals surface area contributed by atoms with Gasteiger partial charge in [0.15, 0.2) is 0 Å². The van der Waals surface area contributed by atoms with Crippen LogP contribution in [0.2, 0.25) is 0 Å². The molecule has 1 aliphatic heterocycles. The molecular weight excluding hydrogens is 272 g/mol. The van der Waals surface area contributed by atoms with Crippen LogP contribution < -0.4 is 10.6 Å². The van der Waals surface area contributed by atoms with Crippen LogP contribution in [0, 0.1) is 5.92 Å². The van der Waals surface area contributed by atoms with Gasteiger partial charge >= 0.3 is 12.0 Å². The normalized spacial score (nSPS) is 24.6. The highest BCUT2D eigenvalue weighted by molar-refractivity contribution is 5.77. The standard InChI is InChI=1S/C15H18N2O4/c18-14(19)12-7-21-8-13(12)17-15(20)16-11-5-9-3-1-2-4-10(9)6-11/h1-4,11-13H,5-8H2,(H,18,19)(H2,16,17,20). The molecule has 1 aliphatic carbocycles. The van der Waals surface area contributed by atoms with Crippen molar-refractivity contribution < 1.29 is 19.4 Å². The molecule has 1 heterocycles. The summed E-state index contributed by atoms with van der Waals surface area (Å²) in [6, 6.07) is 7.40. The van der Waals surface area contributed by atoms with Gasteiger partial charge in [0, 0.05) is 6.04 Å². The van der Waals surface area contributed by atoms with Gasteiger partial charge in [0.25, 0.3) is 0 Å². The van der Waals surface area contributed by atoms with Crippen molar-refractivity contribution in [2.24, 2.45) is 5.92 Å². The second-order valence-corrected chi connectivity index (χ2v) is 5.58. The highest BCUT2D eigenvalue weighted by Crippen LogP contribution is 2.21. The lowest BCUT2D eigenvalue weighted by Gasteiger charge is -2.18. The number of hydrogen-bond acceptors (Lipinski definition) is 3. The van der Waals surface area contributed by atoms with Gasteiger partial charge in [0.1, 0.15) is 5.92 Å². The van der Waals surface area contributed by atoms with Crippen molar-refractivity contribution in [2.75, 3.05) is 13.2 Å². The van der Waals surface area contributed by atoms with Crippen LogP contribution in [-0.4, -0.2) is 42.4 Å². The van der Waals surface area contributed by atoms with Crippen molar-refractivity contribution in [1.82, 2.24) is 10.6 Å². The number of ether oxygens (including phenoxy) is 1. The van der Waals surface area contributed by atoms with Crippen molar-refractivity contribution in [3.05, 3.63) is 35.4 Å². The number of carboxylic acid groups (broad SMARTS) is 1. The molecule has 1 saturated heterocycles. The van der Waals surface area contributed by atoms with Crippen molar-refractivity contribution in [1.29, 1.82) is 0 Å². The van der Waals surface area contributed by atoms with Gasteiger partial charge in [-0.05, 0) is 24.0 Å². The van der Waals surface area contributed by atoms with Crippen LogP contribution in [0.4, 0.5) is 4.79 Å². The molecule has 1 fully saturated rings. The fourth-order valence-electron chi connectivity index (χ4n) is 3.00. The van der Waals surface area contributed by atoms with E-state index < -0.39 is 17.9 Å². The monoisotopic (exact) mass is 290 g/mol. The minimum Gasteiger partial charge on any atom is -0.481 e. The van der Waals surface area contributed by atoms with Crippen LogP contribution in [0.25, 0.3) is 0 Å². The Labute approximate surface area is 122 Å². The van der Waals surface area contributed by atoms with E-state index in [9.17, 15) is 9.59 Å². The third-order valence-electron chi connectivity index (χ3n) is 4.10. The van der Waals surface area contributed by atoms with Gasteiger partial charge in [-0.3, -0.25) is 4.79 Å². The molecule has 2 atom stereocenters. The molecule has 0 aromatic heterocycles. The molecule has 3 rings (SSSR count). The van der Waals surface area contributed by atoms with Crippen molar-refractivity contribution in [2.45, 2.75) is 24.9 Å². The lowest BCUT2D eigenvalue weighted by atomic mass is 10.0. The Morgan fingerprint density at radius 2 is 1.76 bits per heavy atom. The Hall–Kier alpha value is -2.08. The van der Waals surface area contributed by atoms with E-state index in [2.05, 4.69) is 22.8 Å². The topological polar surface area (TPSA) is 87.7 Å². The molecule has 3 N–H and O–H groups in total. The number of hydrogen-bond donors (Lipinski definition) is 3. The molecule has 112 valence electrons. The van der Waals surface area contributed by atoms with E-state index in [0.717, 1.165) is 12.8 Å². The molecule has 1 aromatic rings. The van der Waals surface area contributed by atoms with E-state index in [4.69, 9.17) is 9.84 Å². The Morgan fingerprint density at radius 1 is 1.10 bits per heavy atom. The second kappa shape index (κ2) is 5.73. The number of rotatable bonds is 3. The van der Waals surface area contributed by atoms with Crippen LogP contribution in [0.5, 0.6) is 0 Å². The van der Waals surface area contributed by atoms with Gasteiger partial charge in [0.2, 0.25) is 0 Å². The molecule has 6 nitrogen and oxygen atoms in total. The van der Waals surface area contributed by atoms with E-state index in [-0.39, 0.29) is 25.3 Å². The van der Waals surface area contributed by atoms with Gasteiger partial charge in [-0.25, -0.2) is 4.79 Å². The first-order valence-electron chi connectivity index (χ1n) is 7.08. The zero-order chi connectivity index (χ0) is 14.8. The Bertz CT molecular complexity index is 535. The Balaban J connectivity index is 1.53. The molecular formula is C15H18N2O4. The quantitative estimate of drug-likeness (QED) is 0.759. The number of urea groups is 1. The molecule has 1 aromatic carbocycles. The highest BCUT2D eigenvalue weighted by Gasteiger charge is 2.35. The van der Waals surface area contributed by atoms with Crippen LogP contribution >= 0.6 is 0 Å². The van der Waals surface area contributed by atoms with Crippen molar-refractivity contribution in [3.8, 4) is 0 Å². The van der Waals surface area contributed by atoms with E-state index in [1.54, 1.807) is 0 Å². The minimum atomic E-state index is -0.939. The van der Waals surface area contributed by atoms with Crippen molar-refractivity contribution in [3.63, 3.8) is 0 Å². The molecule has 2 unspecified atom stereocenters. The fourth-order valence-corrected chi connectivity index (χ4v) is 3.00. The van der Waals surface area contributed by atoms with Gasteiger partial charge in [-0.1, -0.05) is 24.3 Å². The lowest BCUT2D eigenvalue weighted by Crippen LogP contribution is -2.50. The first kappa shape index (κ1) is 13.9. The summed E-state index contributed by atoms with van der Waals surface area (Å²) >= 11 is 0. The molecule has 0 saturated carbocycles. The molecule has 6 heteroatoms. The summed E-state index contributed by atoms with van der Waals surface area (Å²) in [5, 5.41) is 14.7. The van der Waals surface area contributed by atoms with E-state index >= 15 is 0 Å². The summed E-state index contributed by atoms with van der Waals surface area (Å²) < 4.78 is 5.13. The summed E-state index contributed by atoms with van der Waals surface area (Å²) in [7, 11) is 0. The molecule has 0 bridgehead atoms. The maximum Gasteiger partial charge on any atom is 0.315 e.